The Labute approximate surface area is 95.5 Å². The zero-order chi connectivity index (χ0) is 11.0. The molecule has 1 aliphatic carbocycles. The fourth-order valence-electron chi connectivity index (χ4n) is 2.12. The molecule has 0 spiro atoms. The van der Waals surface area contributed by atoms with Crippen LogP contribution in [0.4, 0.5) is 0 Å². The van der Waals surface area contributed by atoms with Gasteiger partial charge in [0.2, 0.25) is 0 Å². The van der Waals surface area contributed by atoms with Gasteiger partial charge in [-0.05, 0) is 37.5 Å². The van der Waals surface area contributed by atoms with Gasteiger partial charge in [0.1, 0.15) is 5.65 Å². The van der Waals surface area contributed by atoms with E-state index in [1.165, 1.54) is 23.8 Å². The molecule has 0 amide bonds. The lowest BCUT2D eigenvalue weighted by Gasteiger charge is -1.99. The van der Waals surface area contributed by atoms with E-state index in [2.05, 4.69) is 34.1 Å². The van der Waals surface area contributed by atoms with Crippen molar-refractivity contribution in [3.63, 3.8) is 0 Å². The zero-order valence-corrected chi connectivity index (χ0v) is 9.61. The van der Waals surface area contributed by atoms with E-state index in [1.54, 1.807) is 0 Å². The van der Waals surface area contributed by atoms with E-state index in [4.69, 9.17) is 0 Å². The average molecular weight is 215 g/mol. The molecule has 1 aliphatic rings. The lowest BCUT2D eigenvalue weighted by atomic mass is 10.2. The van der Waals surface area contributed by atoms with Gasteiger partial charge >= 0.3 is 0 Å². The lowest BCUT2D eigenvalue weighted by Crippen LogP contribution is -2.14. The molecule has 16 heavy (non-hydrogen) atoms. The molecule has 2 heterocycles. The number of fused-ring (bicyclic) bond motifs is 1. The molecule has 1 N–H and O–H groups in total. The predicted molar refractivity (Wildman–Crippen MR) is 65.3 cm³/mol. The molecule has 0 unspecified atom stereocenters. The number of aryl methyl sites for hydroxylation is 1. The van der Waals surface area contributed by atoms with Gasteiger partial charge in [-0.2, -0.15) is 0 Å². The first-order valence-electron chi connectivity index (χ1n) is 6.04. The normalized spacial score (nSPS) is 15.8. The third kappa shape index (κ3) is 1.71. The monoisotopic (exact) mass is 215 g/mol. The van der Waals surface area contributed by atoms with Crippen LogP contribution in [0.1, 0.15) is 25.3 Å². The van der Waals surface area contributed by atoms with Crippen molar-refractivity contribution < 1.29 is 0 Å². The minimum atomic E-state index is 0.761. The van der Waals surface area contributed by atoms with E-state index in [-0.39, 0.29) is 0 Å². The second-order valence-corrected chi connectivity index (χ2v) is 4.47. The van der Waals surface area contributed by atoms with Gasteiger partial charge in [0.05, 0.1) is 0 Å². The Bertz CT molecular complexity index is 497. The second-order valence-electron chi connectivity index (χ2n) is 4.47. The molecule has 2 aromatic heterocycles. The van der Waals surface area contributed by atoms with Crippen molar-refractivity contribution in [1.29, 1.82) is 0 Å². The minimum absolute atomic E-state index is 0.761. The van der Waals surface area contributed by atoms with Crippen LogP contribution in [-0.4, -0.2) is 15.6 Å². The summed E-state index contributed by atoms with van der Waals surface area (Å²) >= 11 is 0. The molecule has 1 saturated carbocycles. The molecule has 84 valence electrons. The van der Waals surface area contributed by atoms with Crippen LogP contribution < -0.4 is 5.32 Å². The van der Waals surface area contributed by atoms with Gasteiger partial charge in [0, 0.05) is 36.9 Å². The Morgan fingerprint density at radius 1 is 1.50 bits per heavy atom. The average Bonchev–Trinajstić information content (AvgIpc) is 3.08. The van der Waals surface area contributed by atoms with Gasteiger partial charge in [-0.3, -0.25) is 0 Å². The van der Waals surface area contributed by atoms with Crippen LogP contribution in [0.3, 0.4) is 0 Å². The van der Waals surface area contributed by atoms with Gasteiger partial charge in [-0.15, -0.1) is 0 Å². The summed E-state index contributed by atoms with van der Waals surface area (Å²) in [5.74, 6) is 0. The number of hydrogen-bond donors (Lipinski definition) is 1. The Morgan fingerprint density at radius 3 is 3.12 bits per heavy atom. The van der Waals surface area contributed by atoms with E-state index in [0.29, 0.717) is 0 Å². The van der Waals surface area contributed by atoms with Crippen molar-refractivity contribution in [2.75, 3.05) is 0 Å². The third-order valence-corrected chi connectivity index (χ3v) is 3.22. The maximum Gasteiger partial charge on any atom is 0.140 e. The summed E-state index contributed by atoms with van der Waals surface area (Å²) in [6.45, 7) is 4.11. The number of nitrogens with one attached hydrogen (secondary N) is 1. The van der Waals surface area contributed by atoms with Gasteiger partial charge in [-0.1, -0.05) is 0 Å². The van der Waals surface area contributed by atoms with Crippen LogP contribution in [0.15, 0.2) is 24.5 Å². The fraction of sp³-hybridized carbons (Fsp3) is 0.462. The van der Waals surface area contributed by atoms with E-state index < -0.39 is 0 Å². The smallest absolute Gasteiger partial charge is 0.140 e. The Kier molecular flexibility index (Phi) is 2.40. The SMILES string of the molecule is CCn1cc(CNC2CC2)c2cccnc21. The molecular weight excluding hydrogens is 198 g/mol. The highest BCUT2D eigenvalue weighted by molar-refractivity contribution is 5.80. The maximum absolute atomic E-state index is 4.45. The zero-order valence-electron chi connectivity index (χ0n) is 9.61. The molecule has 3 heteroatoms. The number of pyridine rings is 1. The Morgan fingerprint density at radius 2 is 2.38 bits per heavy atom. The first-order valence-corrected chi connectivity index (χ1v) is 6.04. The van der Waals surface area contributed by atoms with Crippen molar-refractivity contribution in [1.82, 2.24) is 14.9 Å². The topological polar surface area (TPSA) is 29.9 Å². The van der Waals surface area contributed by atoms with Crippen molar-refractivity contribution in [3.8, 4) is 0 Å². The molecule has 0 radical (unpaired) electrons. The molecule has 0 bridgehead atoms. The van der Waals surface area contributed by atoms with Crippen LogP contribution in [0, 0.1) is 0 Å². The van der Waals surface area contributed by atoms with Gasteiger partial charge < -0.3 is 9.88 Å². The fourth-order valence-corrected chi connectivity index (χ4v) is 2.12. The largest absolute Gasteiger partial charge is 0.332 e. The molecule has 2 aromatic rings. The first-order chi connectivity index (χ1) is 7.88. The summed E-state index contributed by atoms with van der Waals surface area (Å²) in [5.41, 5.74) is 2.48. The molecule has 1 fully saturated rings. The molecule has 0 saturated heterocycles. The molecule has 0 aliphatic heterocycles. The van der Waals surface area contributed by atoms with Crippen molar-refractivity contribution >= 4 is 11.0 Å². The van der Waals surface area contributed by atoms with Crippen LogP contribution in [0.5, 0.6) is 0 Å². The van der Waals surface area contributed by atoms with Gasteiger partial charge in [-0.25, -0.2) is 4.98 Å². The Balaban J connectivity index is 1.95. The highest BCUT2D eigenvalue weighted by atomic mass is 15.0. The number of nitrogens with zero attached hydrogens (tertiary/aromatic N) is 2. The Hall–Kier alpha value is -1.35. The summed E-state index contributed by atoms with van der Waals surface area (Å²) in [5, 5.41) is 4.85. The molecule has 3 rings (SSSR count). The van der Waals surface area contributed by atoms with E-state index in [9.17, 15) is 0 Å². The summed E-state index contributed by atoms with van der Waals surface area (Å²) < 4.78 is 2.22. The maximum atomic E-state index is 4.45. The van der Waals surface area contributed by atoms with E-state index in [1.807, 2.05) is 12.3 Å². The summed E-state index contributed by atoms with van der Waals surface area (Å²) in [4.78, 5) is 4.45. The third-order valence-electron chi connectivity index (χ3n) is 3.22. The van der Waals surface area contributed by atoms with Gasteiger partial charge in [0.15, 0.2) is 0 Å². The molecular formula is C13H17N3. The van der Waals surface area contributed by atoms with Crippen molar-refractivity contribution in [2.24, 2.45) is 0 Å². The molecule has 0 atom stereocenters. The van der Waals surface area contributed by atoms with E-state index in [0.717, 1.165) is 24.8 Å². The predicted octanol–water partition coefficient (Wildman–Crippen LogP) is 2.31. The second kappa shape index (κ2) is 3.91. The highest BCUT2D eigenvalue weighted by Gasteiger charge is 2.20. The van der Waals surface area contributed by atoms with E-state index >= 15 is 0 Å². The highest BCUT2D eigenvalue weighted by Crippen LogP contribution is 2.22. The molecule has 3 nitrogen and oxygen atoms in total. The van der Waals surface area contributed by atoms with Gasteiger partial charge in [0.25, 0.3) is 0 Å². The van der Waals surface area contributed by atoms with Crippen LogP contribution in [0.25, 0.3) is 11.0 Å². The van der Waals surface area contributed by atoms with Crippen LogP contribution >= 0.6 is 0 Å². The summed E-state index contributed by atoms with van der Waals surface area (Å²) in [6, 6.07) is 4.94. The molecule has 0 aromatic carbocycles. The number of aromatic nitrogens is 2. The quantitative estimate of drug-likeness (QED) is 0.848. The standard InChI is InChI=1S/C13H17N3/c1-2-16-9-10(8-15-11-5-6-11)12-4-3-7-14-13(12)16/h3-4,7,9,11,15H,2,5-6,8H2,1H3. The number of rotatable bonds is 4. The summed E-state index contributed by atoms with van der Waals surface area (Å²) in [6.07, 6.45) is 6.77. The minimum Gasteiger partial charge on any atom is -0.332 e. The first kappa shape index (κ1) is 9.85. The van der Waals surface area contributed by atoms with Crippen molar-refractivity contribution in [3.05, 3.63) is 30.1 Å². The van der Waals surface area contributed by atoms with Crippen molar-refractivity contribution in [2.45, 2.75) is 38.9 Å². The summed E-state index contributed by atoms with van der Waals surface area (Å²) in [7, 11) is 0. The van der Waals surface area contributed by atoms with Crippen LogP contribution in [0.2, 0.25) is 0 Å². The number of hydrogen-bond acceptors (Lipinski definition) is 2. The van der Waals surface area contributed by atoms with Crippen LogP contribution in [-0.2, 0) is 13.1 Å². The lowest BCUT2D eigenvalue weighted by molar-refractivity contribution is 0.685.